The van der Waals surface area contributed by atoms with E-state index in [-0.39, 0.29) is 12.2 Å². The Bertz CT molecular complexity index is 371. The van der Waals surface area contributed by atoms with Crippen molar-refractivity contribution in [3.8, 4) is 0 Å². The van der Waals surface area contributed by atoms with Crippen molar-refractivity contribution in [2.75, 3.05) is 12.8 Å². The first-order valence-corrected chi connectivity index (χ1v) is 3.52. The summed E-state index contributed by atoms with van der Waals surface area (Å²) in [7, 11) is 1.24. The van der Waals surface area contributed by atoms with Crippen LogP contribution in [0.25, 0.3) is 0 Å². The number of nitrogens with zero attached hydrogens (tertiary/aromatic N) is 2. The molecule has 1 aromatic rings. The molecule has 0 saturated heterocycles. The van der Waals surface area contributed by atoms with Crippen LogP contribution in [-0.4, -0.2) is 22.6 Å². The highest BCUT2D eigenvalue weighted by Gasteiger charge is 2.05. The summed E-state index contributed by atoms with van der Waals surface area (Å²) in [6.07, 6.45) is 2.46. The van der Waals surface area contributed by atoms with E-state index >= 15 is 0 Å². The van der Waals surface area contributed by atoms with Crippen LogP contribution in [-0.2, 0) is 16.1 Å². The molecule has 0 atom stereocenters. The first-order chi connectivity index (χ1) is 6.15. The Morgan fingerprint density at radius 1 is 1.77 bits per heavy atom. The predicted octanol–water partition coefficient (Wildman–Crippen LogP) is -1.00. The first kappa shape index (κ1) is 9.24. The van der Waals surface area contributed by atoms with Crippen LogP contribution < -0.4 is 11.3 Å². The molecular formula is C7H9N3O3. The molecule has 0 aliphatic carbocycles. The number of nitrogens with two attached hydrogens (primary N) is 1. The number of carbonyl (C=O) groups is 1. The molecule has 0 aliphatic rings. The molecule has 0 unspecified atom stereocenters. The highest BCUT2D eigenvalue weighted by Crippen LogP contribution is 1.88. The van der Waals surface area contributed by atoms with Crippen LogP contribution in [0.15, 0.2) is 17.3 Å². The molecule has 6 heteroatoms. The highest BCUT2D eigenvalue weighted by atomic mass is 16.5. The second-order valence-corrected chi connectivity index (χ2v) is 2.36. The smallest absolute Gasteiger partial charge is 0.325 e. The van der Waals surface area contributed by atoms with E-state index in [4.69, 9.17) is 5.73 Å². The van der Waals surface area contributed by atoms with Gasteiger partial charge in [-0.3, -0.25) is 14.2 Å². The third-order valence-corrected chi connectivity index (χ3v) is 1.45. The maximum absolute atomic E-state index is 11.2. The lowest BCUT2D eigenvalue weighted by molar-refractivity contribution is -0.141. The van der Waals surface area contributed by atoms with E-state index in [9.17, 15) is 9.59 Å². The molecule has 13 heavy (non-hydrogen) atoms. The van der Waals surface area contributed by atoms with E-state index in [0.29, 0.717) is 0 Å². The summed E-state index contributed by atoms with van der Waals surface area (Å²) in [5, 5.41) is 0. The number of methoxy groups -OCH3 is 1. The number of nitrogen functional groups attached to an aromatic ring is 1. The van der Waals surface area contributed by atoms with Gasteiger partial charge in [0.25, 0.3) is 5.56 Å². The number of hydrogen-bond donors (Lipinski definition) is 1. The summed E-state index contributed by atoms with van der Waals surface area (Å²) >= 11 is 0. The van der Waals surface area contributed by atoms with Gasteiger partial charge in [-0.25, -0.2) is 4.98 Å². The second-order valence-electron chi connectivity index (χ2n) is 2.36. The molecule has 1 rings (SSSR count). The second kappa shape index (κ2) is 3.70. The number of esters is 1. The lowest BCUT2D eigenvalue weighted by atomic mass is 10.5. The number of hydrogen-bond acceptors (Lipinski definition) is 5. The van der Waals surface area contributed by atoms with Crippen molar-refractivity contribution in [2.45, 2.75) is 6.54 Å². The molecule has 0 radical (unpaired) electrons. The molecule has 1 heterocycles. The zero-order valence-electron chi connectivity index (χ0n) is 7.06. The van der Waals surface area contributed by atoms with Crippen molar-refractivity contribution in [3.05, 3.63) is 22.9 Å². The summed E-state index contributed by atoms with van der Waals surface area (Å²) < 4.78 is 5.47. The lowest BCUT2D eigenvalue weighted by Gasteiger charge is -2.02. The minimum atomic E-state index is -0.519. The fourth-order valence-electron chi connectivity index (χ4n) is 0.784. The van der Waals surface area contributed by atoms with Gasteiger partial charge in [-0.05, 0) is 0 Å². The topological polar surface area (TPSA) is 87.2 Å². The van der Waals surface area contributed by atoms with Gasteiger partial charge in [0.15, 0.2) is 0 Å². The molecule has 6 nitrogen and oxygen atoms in total. The molecule has 70 valence electrons. The Labute approximate surface area is 74.0 Å². The normalized spacial score (nSPS) is 9.62. The van der Waals surface area contributed by atoms with E-state index < -0.39 is 11.5 Å². The summed E-state index contributed by atoms with van der Waals surface area (Å²) in [6, 6.07) is 0. The van der Waals surface area contributed by atoms with Crippen LogP contribution in [0.3, 0.4) is 0 Å². The van der Waals surface area contributed by atoms with E-state index in [0.717, 1.165) is 4.57 Å². The van der Waals surface area contributed by atoms with Gasteiger partial charge in [0.2, 0.25) is 0 Å². The number of anilines is 1. The lowest BCUT2D eigenvalue weighted by Crippen LogP contribution is -2.26. The molecular weight excluding hydrogens is 174 g/mol. The van der Waals surface area contributed by atoms with Crippen LogP contribution in [0.1, 0.15) is 0 Å². The summed E-state index contributed by atoms with van der Waals surface area (Å²) in [5.74, 6) is -0.519. The number of carbonyl (C=O) groups excluding carboxylic acids is 1. The van der Waals surface area contributed by atoms with Crippen molar-refractivity contribution < 1.29 is 9.53 Å². The van der Waals surface area contributed by atoms with Crippen LogP contribution in [0.5, 0.6) is 0 Å². The number of rotatable bonds is 2. The number of aromatic nitrogens is 2. The first-order valence-electron chi connectivity index (χ1n) is 3.52. The fraction of sp³-hybridized carbons (Fsp3) is 0.286. The van der Waals surface area contributed by atoms with Crippen LogP contribution in [0.4, 0.5) is 5.69 Å². The SMILES string of the molecule is COC(=O)Cn1cncc(N)c1=O. The van der Waals surface area contributed by atoms with Crippen molar-refractivity contribution in [3.63, 3.8) is 0 Å². The third kappa shape index (κ3) is 2.05. The minimum absolute atomic E-state index is 0.00593. The Hall–Kier alpha value is -1.85. The van der Waals surface area contributed by atoms with Gasteiger partial charge in [-0.15, -0.1) is 0 Å². The average Bonchev–Trinajstić information content (AvgIpc) is 2.13. The van der Waals surface area contributed by atoms with Crippen molar-refractivity contribution in [2.24, 2.45) is 0 Å². The molecule has 1 aromatic heterocycles. The zero-order valence-corrected chi connectivity index (χ0v) is 7.06. The third-order valence-electron chi connectivity index (χ3n) is 1.45. The van der Waals surface area contributed by atoms with E-state index in [1.807, 2.05) is 0 Å². The fourth-order valence-corrected chi connectivity index (χ4v) is 0.784. The quantitative estimate of drug-likeness (QED) is 0.594. The van der Waals surface area contributed by atoms with Gasteiger partial charge in [-0.2, -0.15) is 0 Å². The van der Waals surface area contributed by atoms with Crippen LogP contribution in [0.2, 0.25) is 0 Å². The maximum atomic E-state index is 11.2. The predicted molar refractivity (Wildman–Crippen MR) is 44.9 cm³/mol. The van der Waals surface area contributed by atoms with Crippen molar-refractivity contribution in [1.29, 1.82) is 0 Å². The molecule has 0 fully saturated rings. The number of ether oxygens (including phenoxy) is 1. The molecule has 0 amide bonds. The highest BCUT2D eigenvalue weighted by molar-refractivity contribution is 5.68. The van der Waals surface area contributed by atoms with Gasteiger partial charge < -0.3 is 10.5 Å². The molecule has 0 spiro atoms. The Morgan fingerprint density at radius 2 is 2.46 bits per heavy atom. The Morgan fingerprint density at radius 3 is 3.08 bits per heavy atom. The summed E-state index contributed by atoms with van der Waals surface area (Å²) in [5.41, 5.74) is 4.85. The molecule has 2 N–H and O–H groups in total. The summed E-state index contributed by atoms with van der Waals surface area (Å²) in [6.45, 7) is -0.173. The van der Waals surface area contributed by atoms with Crippen molar-refractivity contribution >= 4 is 11.7 Å². The van der Waals surface area contributed by atoms with E-state index in [1.165, 1.54) is 19.6 Å². The van der Waals surface area contributed by atoms with Crippen LogP contribution >= 0.6 is 0 Å². The standard InChI is InChI=1S/C7H9N3O3/c1-13-6(11)3-10-4-9-2-5(8)7(10)12/h2,4H,3,8H2,1H3. The van der Waals surface area contributed by atoms with Gasteiger partial charge in [-0.1, -0.05) is 0 Å². The molecule has 0 aliphatic heterocycles. The van der Waals surface area contributed by atoms with Gasteiger partial charge in [0.1, 0.15) is 12.2 Å². The minimum Gasteiger partial charge on any atom is -0.468 e. The molecule has 0 saturated carbocycles. The zero-order chi connectivity index (χ0) is 9.84. The molecule has 0 aromatic carbocycles. The average molecular weight is 183 g/mol. The van der Waals surface area contributed by atoms with Gasteiger partial charge >= 0.3 is 5.97 Å². The largest absolute Gasteiger partial charge is 0.468 e. The Kier molecular flexibility index (Phi) is 2.63. The van der Waals surface area contributed by atoms with Crippen molar-refractivity contribution in [1.82, 2.24) is 9.55 Å². The van der Waals surface area contributed by atoms with Gasteiger partial charge in [0, 0.05) is 0 Å². The molecule has 0 bridgehead atoms. The van der Waals surface area contributed by atoms with E-state index in [1.54, 1.807) is 0 Å². The monoisotopic (exact) mass is 183 g/mol. The van der Waals surface area contributed by atoms with Gasteiger partial charge in [0.05, 0.1) is 19.6 Å². The van der Waals surface area contributed by atoms with Crippen LogP contribution in [0, 0.1) is 0 Å². The maximum Gasteiger partial charge on any atom is 0.325 e. The van der Waals surface area contributed by atoms with E-state index in [2.05, 4.69) is 9.72 Å². The Balaban J connectivity index is 2.96. The summed E-state index contributed by atoms with van der Waals surface area (Å²) in [4.78, 5) is 25.7.